The molecule has 1 unspecified atom stereocenters. The number of hydrogen-bond acceptors (Lipinski definition) is 2. The highest BCUT2D eigenvalue weighted by Crippen LogP contribution is 2.29. The molecule has 1 atom stereocenters. The van der Waals surface area contributed by atoms with Gasteiger partial charge in [0.1, 0.15) is 5.82 Å². The molecule has 0 aliphatic carbocycles. The SMILES string of the molecule is Cc1cc(-c2ccc(CS(=O)[O-])cc2)n(-c2ccc(F)cc2)c1F. The second kappa shape index (κ2) is 6.67. The zero-order chi connectivity index (χ0) is 17.3. The van der Waals surface area contributed by atoms with Crippen molar-refractivity contribution in [2.75, 3.05) is 0 Å². The Morgan fingerprint density at radius 1 is 1.04 bits per heavy atom. The summed E-state index contributed by atoms with van der Waals surface area (Å²) in [7, 11) is 0. The van der Waals surface area contributed by atoms with Crippen LogP contribution in [0, 0.1) is 18.7 Å². The molecule has 0 spiro atoms. The molecule has 0 saturated heterocycles. The average molecular weight is 346 g/mol. The summed E-state index contributed by atoms with van der Waals surface area (Å²) in [4.78, 5) is 0. The van der Waals surface area contributed by atoms with Gasteiger partial charge >= 0.3 is 0 Å². The maximum Gasteiger partial charge on any atom is 0.201 e. The van der Waals surface area contributed by atoms with Gasteiger partial charge in [-0.3, -0.25) is 8.78 Å². The summed E-state index contributed by atoms with van der Waals surface area (Å²) in [5.41, 5.74) is 3.00. The molecule has 2 aromatic carbocycles. The van der Waals surface area contributed by atoms with Gasteiger partial charge < -0.3 is 4.55 Å². The summed E-state index contributed by atoms with van der Waals surface area (Å²) in [6, 6.07) is 14.2. The van der Waals surface area contributed by atoms with Gasteiger partial charge in [-0.2, -0.15) is 4.39 Å². The molecule has 0 bridgehead atoms. The number of benzene rings is 2. The summed E-state index contributed by atoms with van der Waals surface area (Å²) >= 11 is -2.15. The molecule has 0 radical (unpaired) electrons. The average Bonchev–Trinajstić information content (AvgIpc) is 2.84. The predicted octanol–water partition coefficient (Wildman–Crippen LogP) is 4.11. The largest absolute Gasteiger partial charge is 0.772 e. The van der Waals surface area contributed by atoms with E-state index < -0.39 is 17.0 Å². The van der Waals surface area contributed by atoms with Crippen LogP contribution in [-0.4, -0.2) is 13.3 Å². The first kappa shape index (κ1) is 16.5. The van der Waals surface area contributed by atoms with Gasteiger partial charge in [0.2, 0.25) is 5.95 Å². The zero-order valence-electron chi connectivity index (χ0n) is 12.8. The topological polar surface area (TPSA) is 45.1 Å². The van der Waals surface area contributed by atoms with E-state index in [1.54, 1.807) is 37.3 Å². The third-order valence-electron chi connectivity index (χ3n) is 3.73. The molecule has 0 fully saturated rings. The molecule has 1 aromatic heterocycles. The molecule has 0 amide bonds. The molecule has 0 aliphatic rings. The van der Waals surface area contributed by atoms with Gasteiger partial charge in [-0.25, -0.2) is 4.39 Å². The van der Waals surface area contributed by atoms with Crippen LogP contribution in [0.3, 0.4) is 0 Å². The molecule has 6 heteroatoms. The van der Waals surface area contributed by atoms with Crippen molar-refractivity contribution in [3.63, 3.8) is 0 Å². The Bertz CT molecular complexity index is 887. The van der Waals surface area contributed by atoms with Crippen molar-refractivity contribution in [1.29, 1.82) is 0 Å². The van der Waals surface area contributed by atoms with Gasteiger partial charge in [0, 0.05) is 17.0 Å². The predicted molar refractivity (Wildman–Crippen MR) is 88.5 cm³/mol. The van der Waals surface area contributed by atoms with Crippen molar-refractivity contribution in [1.82, 2.24) is 4.57 Å². The summed E-state index contributed by atoms with van der Waals surface area (Å²) in [5.74, 6) is -0.868. The van der Waals surface area contributed by atoms with Gasteiger partial charge in [-0.05, 0) is 48.4 Å². The van der Waals surface area contributed by atoms with Gasteiger partial charge in [0.25, 0.3) is 0 Å². The number of aromatic nitrogens is 1. The molecule has 24 heavy (non-hydrogen) atoms. The monoisotopic (exact) mass is 346 g/mol. The first-order valence-corrected chi connectivity index (χ1v) is 8.49. The van der Waals surface area contributed by atoms with E-state index in [4.69, 9.17) is 0 Å². The molecular formula is C18H14F2NO2S-. The molecule has 0 N–H and O–H groups in total. The molecule has 3 aromatic rings. The van der Waals surface area contributed by atoms with Crippen molar-refractivity contribution >= 4 is 11.1 Å². The smallest absolute Gasteiger partial charge is 0.201 e. The molecule has 0 saturated carbocycles. The van der Waals surface area contributed by atoms with Crippen molar-refractivity contribution in [2.45, 2.75) is 12.7 Å². The lowest BCUT2D eigenvalue weighted by Crippen LogP contribution is -2.00. The van der Waals surface area contributed by atoms with Crippen molar-refractivity contribution in [3.8, 4) is 16.9 Å². The summed E-state index contributed by atoms with van der Waals surface area (Å²) in [6.07, 6.45) is 0. The number of hydrogen-bond donors (Lipinski definition) is 0. The summed E-state index contributed by atoms with van der Waals surface area (Å²) in [6.45, 7) is 1.66. The first-order valence-electron chi connectivity index (χ1n) is 7.24. The Kier molecular flexibility index (Phi) is 4.59. The summed E-state index contributed by atoms with van der Waals surface area (Å²) in [5, 5.41) is 0. The normalized spacial score (nSPS) is 12.3. The van der Waals surface area contributed by atoms with Gasteiger partial charge in [0.05, 0.1) is 5.69 Å². The molecule has 3 rings (SSSR count). The number of aryl methyl sites for hydroxylation is 1. The Morgan fingerprint density at radius 2 is 1.67 bits per heavy atom. The zero-order valence-corrected chi connectivity index (χ0v) is 13.6. The van der Waals surface area contributed by atoms with Gasteiger partial charge in [-0.15, -0.1) is 0 Å². The second-order valence-corrected chi connectivity index (χ2v) is 6.36. The highest BCUT2D eigenvalue weighted by Gasteiger charge is 2.15. The van der Waals surface area contributed by atoms with Crippen LogP contribution in [0.15, 0.2) is 54.6 Å². The van der Waals surface area contributed by atoms with E-state index in [-0.39, 0.29) is 11.6 Å². The van der Waals surface area contributed by atoms with Crippen LogP contribution >= 0.6 is 0 Å². The van der Waals surface area contributed by atoms with E-state index in [2.05, 4.69) is 0 Å². The Labute approximate surface area is 140 Å². The Hall–Kier alpha value is -2.31. The van der Waals surface area contributed by atoms with Crippen LogP contribution in [0.2, 0.25) is 0 Å². The minimum atomic E-state index is -2.15. The molecule has 1 heterocycles. The molecule has 3 nitrogen and oxygen atoms in total. The van der Waals surface area contributed by atoms with E-state index in [1.165, 1.54) is 28.8 Å². The van der Waals surface area contributed by atoms with Crippen LogP contribution in [0.5, 0.6) is 0 Å². The quantitative estimate of drug-likeness (QED) is 0.667. The first-order chi connectivity index (χ1) is 11.5. The highest BCUT2D eigenvalue weighted by atomic mass is 32.2. The van der Waals surface area contributed by atoms with E-state index in [1.807, 2.05) is 0 Å². The number of rotatable bonds is 4. The van der Waals surface area contributed by atoms with Crippen LogP contribution in [0.1, 0.15) is 11.1 Å². The van der Waals surface area contributed by atoms with Gasteiger partial charge in [0.15, 0.2) is 0 Å². The maximum absolute atomic E-state index is 14.5. The van der Waals surface area contributed by atoms with Crippen molar-refractivity contribution in [2.24, 2.45) is 0 Å². The highest BCUT2D eigenvalue weighted by molar-refractivity contribution is 7.78. The maximum atomic E-state index is 14.5. The Morgan fingerprint density at radius 3 is 2.25 bits per heavy atom. The lowest BCUT2D eigenvalue weighted by Gasteiger charge is -2.11. The lowest BCUT2D eigenvalue weighted by molar-refractivity contribution is 0.536. The third kappa shape index (κ3) is 3.29. The minimum Gasteiger partial charge on any atom is -0.772 e. The van der Waals surface area contributed by atoms with Crippen LogP contribution < -0.4 is 0 Å². The fraction of sp³-hybridized carbons (Fsp3) is 0.111. The van der Waals surface area contributed by atoms with E-state index >= 15 is 0 Å². The van der Waals surface area contributed by atoms with Gasteiger partial charge in [-0.1, -0.05) is 35.3 Å². The van der Waals surface area contributed by atoms with E-state index in [0.29, 0.717) is 22.5 Å². The minimum absolute atomic E-state index is 0.0629. The van der Waals surface area contributed by atoms with Crippen molar-refractivity contribution in [3.05, 3.63) is 77.5 Å². The second-order valence-electron chi connectivity index (χ2n) is 5.46. The van der Waals surface area contributed by atoms with Crippen LogP contribution in [-0.2, 0) is 16.8 Å². The third-order valence-corrected chi connectivity index (χ3v) is 4.30. The summed E-state index contributed by atoms with van der Waals surface area (Å²) < 4.78 is 50.6. The van der Waals surface area contributed by atoms with Crippen LogP contribution in [0.25, 0.3) is 16.9 Å². The van der Waals surface area contributed by atoms with E-state index in [0.717, 1.165) is 5.56 Å². The molecule has 0 aliphatic heterocycles. The van der Waals surface area contributed by atoms with Crippen LogP contribution in [0.4, 0.5) is 8.78 Å². The standard InChI is InChI=1S/C18H15F2NO2S/c1-12-10-17(14-4-2-13(3-5-14)11-24(22)23)21(18(12)20)16-8-6-15(19)7-9-16/h2-10H,11H2,1H3,(H,22,23)/p-1. The fourth-order valence-corrected chi connectivity index (χ4v) is 3.04. The number of nitrogens with zero attached hydrogens (tertiary/aromatic N) is 1. The van der Waals surface area contributed by atoms with E-state index in [9.17, 15) is 17.5 Å². The van der Waals surface area contributed by atoms with Crippen molar-refractivity contribution < 1.29 is 17.5 Å². The molecule has 124 valence electrons. The Balaban J connectivity index is 2.06. The lowest BCUT2D eigenvalue weighted by atomic mass is 10.1. The fourth-order valence-electron chi connectivity index (χ4n) is 2.57. The molecular weight excluding hydrogens is 332 g/mol. The number of halogens is 2.